The van der Waals surface area contributed by atoms with Crippen molar-refractivity contribution in [2.45, 2.75) is 39.9 Å². The van der Waals surface area contributed by atoms with Crippen molar-refractivity contribution >= 4 is 44.4 Å². The molecule has 0 saturated carbocycles. The van der Waals surface area contributed by atoms with Crippen LogP contribution in [0.1, 0.15) is 25.0 Å². The topological polar surface area (TPSA) is 118 Å². The summed E-state index contributed by atoms with van der Waals surface area (Å²) in [5.74, 6) is 0.341. The van der Waals surface area contributed by atoms with Crippen LogP contribution in [0.4, 0.5) is 14.9 Å². The van der Waals surface area contributed by atoms with Crippen molar-refractivity contribution in [3.63, 3.8) is 0 Å². The fourth-order valence-electron chi connectivity index (χ4n) is 4.20. The number of aryl methyl sites for hydroxylation is 2. The first-order valence-corrected chi connectivity index (χ1v) is 13.5. The number of hydrogen-bond acceptors (Lipinski definition) is 10. The van der Waals surface area contributed by atoms with Crippen molar-refractivity contribution in [1.29, 1.82) is 0 Å². The Morgan fingerprint density at radius 2 is 1.76 bits per heavy atom. The van der Waals surface area contributed by atoms with Crippen LogP contribution in [-0.2, 0) is 4.74 Å². The Balaban J connectivity index is 1.32. The Bertz CT molecular complexity index is 1760. The van der Waals surface area contributed by atoms with Gasteiger partial charge in [0, 0.05) is 23.3 Å². The Kier molecular flexibility index (Phi) is 7.84. The SMILES string of the molecule is COc1cnc2c(-c3nc4cc(F)c(O[C@@H](C)[C@@H](C)OC(=O)Nc5cnc(OC)c(C)c5)cc4s3)cc(C)cc2n1. The molecule has 0 aliphatic heterocycles. The van der Waals surface area contributed by atoms with Crippen LogP contribution in [0, 0.1) is 19.7 Å². The summed E-state index contributed by atoms with van der Waals surface area (Å²) in [6.45, 7) is 7.14. The van der Waals surface area contributed by atoms with Crippen molar-refractivity contribution in [1.82, 2.24) is 19.9 Å². The van der Waals surface area contributed by atoms with Gasteiger partial charge >= 0.3 is 6.09 Å². The number of hydrogen-bond donors (Lipinski definition) is 1. The molecule has 12 heteroatoms. The quantitative estimate of drug-likeness (QED) is 0.221. The van der Waals surface area contributed by atoms with Gasteiger partial charge in [0.2, 0.25) is 11.8 Å². The standard InChI is InChI=1S/C29H28FN5O5S/c1-14-7-19(26-22(8-14)34-25(37-5)13-31-26)28-35-21-10-20(30)23(11-24(21)41-28)39-16(3)17(4)40-29(36)33-18-9-15(2)27(38-6)32-12-18/h7-13,16-17H,1-6H3,(H,33,36)/t16-,17+/m0/s1. The minimum atomic E-state index is -0.691. The third-order valence-electron chi connectivity index (χ3n) is 6.39. The molecule has 0 aliphatic rings. The zero-order valence-electron chi connectivity index (χ0n) is 23.3. The van der Waals surface area contributed by atoms with E-state index in [9.17, 15) is 4.79 Å². The van der Waals surface area contributed by atoms with Gasteiger partial charge < -0.3 is 18.9 Å². The fraction of sp³-hybridized carbons (Fsp3) is 0.276. The zero-order valence-corrected chi connectivity index (χ0v) is 24.1. The molecular weight excluding hydrogens is 549 g/mol. The van der Waals surface area contributed by atoms with Crippen molar-refractivity contribution in [2.24, 2.45) is 0 Å². The number of rotatable bonds is 8. The van der Waals surface area contributed by atoms with Gasteiger partial charge in [0.1, 0.15) is 17.2 Å². The van der Waals surface area contributed by atoms with Crippen molar-refractivity contribution in [3.05, 3.63) is 59.7 Å². The van der Waals surface area contributed by atoms with E-state index in [1.165, 1.54) is 37.8 Å². The lowest BCUT2D eigenvalue weighted by Gasteiger charge is -2.22. The summed E-state index contributed by atoms with van der Waals surface area (Å²) in [6.07, 6.45) is 0.994. The van der Waals surface area contributed by atoms with Crippen LogP contribution in [0.25, 0.3) is 31.8 Å². The van der Waals surface area contributed by atoms with Gasteiger partial charge in [-0.2, -0.15) is 0 Å². The molecule has 0 aliphatic carbocycles. The van der Waals surface area contributed by atoms with Gasteiger partial charge in [0.25, 0.3) is 0 Å². The van der Waals surface area contributed by atoms with Gasteiger partial charge in [0.15, 0.2) is 11.6 Å². The normalized spacial score (nSPS) is 12.7. The van der Waals surface area contributed by atoms with E-state index in [0.29, 0.717) is 39.0 Å². The first-order valence-electron chi connectivity index (χ1n) is 12.7. The van der Waals surface area contributed by atoms with Crippen LogP contribution in [0.2, 0.25) is 0 Å². The Hall–Kier alpha value is -4.58. The summed E-state index contributed by atoms with van der Waals surface area (Å²) in [5, 5.41) is 3.30. The van der Waals surface area contributed by atoms with Crippen molar-refractivity contribution in [2.75, 3.05) is 19.5 Å². The molecular formula is C29H28FN5O5S. The molecule has 1 N–H and O–H groups in total. The predicted molar refractivity (Wildman–Crippen MR) is 155 cm³/mol. The van der Waals surface area contributed by atoms with Gasteiger partial charge in [-0.25, -0.2) is 29.1 Å². The van der Waals surface area contributed by atoms with Crippen LogP contribution < -0.4 is 19.5 Å². The summed E-state index contributed by atoms with van der Waals surface area (Å²) in [7, 11) is 3.06. The van der Waals surface area contributed by atoms with Gasteiger partial charge in [-0.15, -0.1) is 11.3 Å². The maximum atomic E-state index is 15.1. The highest BCUT2D eigenvalue weighted by atomic mass is 32.1. The highest BCUT2D eigenvalue weighted by molar-refractivity contribution is 7.21. The largest absolute Gasteiger partial charge is 0.484 e. The number of anilines is 1. The molecule has 41 heavy (non-hydrogen) atoms. The molecule has 3 heterocycles. The molecule has 5 aromatic rings. The monoisotopic (exact) mass is 577 g/mol. The third-order valence-corrected chi connectivity index (χ3v) is 7.44. The first-order chi connectivity index (χ1) is 19.6. The number of nitrogens with zero attached hydrogens (tertiary/aromatic N) is 4. The summed E-state index contributed by atoms with van der Waals surface area (Å²) in [5.41, 5.74) is 4.84. The summed E-state index contributed by atoms with van der Waals surface area (Å²) < 4.78 is 37.5. The highest BCUT2D eigenvalue weighted by Crippen LogP contribution is 2.37. The molecule has 2 atom stereocenters. The van der Waals surface area contributed by atoms with Gasteiger partial charge in [-0.3, -0.25) is 5.32 Å². The number of methoxy groups -OCH3 is 2. The van der Waals surface area contributed by atoms with Crippen LogP contribution in [-0.4, -0.2) is 52.5 Å². The second-order valence-corrected chi connectivity index (χ2v) is 10.5. The first kappa shape index (κ1) is 28.0. The molecule has 3 aromatic heterocycles. The van der Waals surface area contributed by atoms with E-state index in [1.807, 2.05) is 26.0 Å². The highest BCUT2D eigenvalue weighted by Gasteiger charge is 2.22. The molecule has 2 aromatic carbocycles. The Labute approximate surface area is 239 Å². The smallest absolute Gasteiger partial charge is 0.412 e. The predicted octanol–water partition coefficient (Wildman–Crippen LogP) is 6.48. The lowest BCUT2D eigenvalue weighted by atomic mass is 10.1. The molecule has 0 spiro atoms. The van der Waals surface area contributed by atoms with E-state index in [-0.39, 0.29) is 5.75 Å². The van der Waals surface area contributed by atoms with Gasteiger partial charge in [-0.05, 0) is 51.5 Å². The summed E-state index contributed by atoms with van der Waals surface area (Å²) in [4.78, 5) is 30.2. The molecule has 212 valence electrons. The van der Waals surface area contributed by atoms with E-state index < -0.39 is 24.1 Å². The maximum absolute atomic E-state index is 15.1. The van der Waals surface area contributed by atoms with Crippen LogP contribution in [0.5, 0.6) is 17.5 Å². The van der Waals surface area contributed by atoms with E-state index in [1.54, 1.807) is 32.2 Å². The van der Waals surface area contributed by atoms with Crippen LogP contribution in [0.15, 0.2) is 42.7 Å². The lowest BCUT2D eigenvalue weighted by molar-refractivity contribution is 0.0402. The molecule has 0 bridgehead atoms. The molecule has 1 amide bonds. The number of thiazole rings is 1. The minimum Gasteiger partial charge on any atom is -0.484 e. The number of fused-ring (bicyclic) bond motifs is 2. The number of ether oxygens (including phenoxy) is 4. The molecule has 0 saturated heterocycles. The number of carbonyl (C=O) groups excluding carboxylic acids is 1. The number of nitrogens with one attached hydrogen (secondary N) is 1. The van der Waals surface area contributed by atoms with Crippen molar-refractivity contribution in [3.8, 4) is 28.1 Å². The van der Waals surface area contributed by atoms with Crippen LogP contribution >= 0.6 is 11.3 Å². The molecule has 5 rings (SSSR count). The Morgan fingerprint density at radius 3 is 2.49 bits per heavy atom. The maximum Gasteiger partial charge on any atom is 0.412 e. The van der Waals surface area contributed by atoms with Crippen LogP contribution in [0.3, 0.4) is 0 Å². The van der Waals surface area contributed by atoms with E-state index in [0.717, 1.165) is 21.4 Å². The van der Waals surface area contributed by atoms with Gasteiger partial charge in [0.05, 0.1) is 53.6 Å². The summed E-state index contributed by atoms with van der Waals surface area (Å²) >= 11 is 1.39. The second-order valence-electron chi connectivity index (χ2n) is 9.47. The second kappa shape index (κ2) is 11.5. The van der Waals surface area contributed by atoms with E-state index >= 15 is 4.39 Å². The van der Waals surface area contributed by atoms with Crippen molar-refractivity contribution < 1.29 is 28.1 Å². The number of pyridine rings is 1. The minimum absolute atomic E-state index is 0.0321. The van der Waals surface area contributed by atoms with Gasteiger partial charge in [-0.1, -0.05) is 0 Å². The number of carbonyl (C=O) groups is 1. The average Bonchev–Trinajstić information content (AvgIpc) is 3.34. The van der Waals surface area contributed by atoms with E-state index in [2.05, 4.69) is 25.3 Å². The summed E-state index contributed by atoms with van der Waals surface area (Å²) in [6, 6.07) is 8.56. The number of aromatic nitrogens is 4. The molecule has 0 fully saturated rings. The van der Waals surface area contributed by atoms with E-state index in [4.69, 9.17) is 18.9 Å². The molecule has 0 unspecified atom stereocenters. The zero-order chi connectivity index (χ0) is 29.3. The average molecular weight is 578 g/mol. The molecule has 0 radical (unpaired) electrons. The number of benzene rings is 2. The fourth-order valence-corrected chi connectivity index (χ4v) is 5.19. The number of amides is 1. The lowest BCUT2D eigenvalue weighted by Crippen LogP contribution is -2.32. The Morgan fingerprint density at radius 1 is 0.951 bits per heavy atom. The number of halogens is 1. The molecule has 10 nitrogen and oxygen atoms in total. The third kappa shape index (κ3) is 5.97.